The van der Waals surface area contributed by atoms with Crippen LogP contribution in [0.25, 0.3) is 0 Å². The van der Waals surface area contributed by atoms with E-state index in [4.69, 9.17) is 4.74 Å². The number of ether oxygens (including phenoxy) is 1. The first kappa shape index (κ1) is 12.6. The molecule has 18 heavy (non-hydrogen) atoms. The molecule has 1 aromatic carbocycles. The monoisotopic (exact) mass is 245 g/mol. The smallest absolute Gasteiger partial charge is 0.118 e. The van der Waals surface area contributed by atoms with Crippen LogP contribution in [0, 0.1) is 6.92 Å². The number of rotatable bonds is 5. The lowest BCUT2D eigenvalue weighted by Crippen LogP contribution is -2.18. The van der Waals surface area contributed by atoms with Gasteiger partial charge in [0.15, 0.2) is 0 Å². The second kappa shape index (κ2) is 5.69. The lowest BCUT2D eigenvalue weighted by Gasteiger charge is -2.14. The van der Waals surface area contributed by atoms with E-state index in [1.54, 1.807) is 13.4 Å². The van der Waals surface area contributed by atoms with E-state index in [1.807, 2.05) is 19.1 Å². The summed E-state index contributed by atoms with van der Waals surface area (Å²) < 4.78 is 5.15. The fraction of sp³-hybridized carbons (Fsp3) is 0.357. The zero-order valence-corrected chi connectivity index (χ0v) is 11.0. The Bertz CT molecular complexity index is 490. The third-order valence-corrected chi connectivity index (χ3v) is 3.13. The summed E-state index contributed by atoms with van der Waals surface area (Å²) in [7, 11) is 1.68. The van der Waals surface area contributed by atoms with Crippen molar-refractivity contribution < 1.29 is 4.74 Å². The number of hydrogen-bond donors (Lipinski definition) is 2. The first-order valence-electron chi connectivity index (χ1n) is 6.07. The van der Waals surface area contributed by atoms with Crippen LogP contribution in [0.4, 0.5) is 0 Å². The van der Waals surface area contributed by atoms with Crippen LogP contribution in [0.15, 0.2) is 30.6 Å². The van der Waals surface area contributed by atoms with Crippen LogP contribution in [0.1, 0.15) is 29.9 Å². The van der Waals surface area contributed by atoms with Gasteiger partial charge in [0.1, 0.15) is 5.75 Å². The SMILES string of the molecule is COc1ccc([C@@H](C)NCc2nc[nH]c2C)cc1. The normalized spacial score (nSPS) is 12.4. The van der Waals surface area contributed by atoms with Gasteiger partial charge in [-0.15, -0.1) is 0 Å². The molecule has 1 atom stereocenters. The summed E-state index contributed by atoms with van der Waals surface area (Å²) in [4.78, 5) is 7.35. The summed E-state index contributed by atoms with van der Waals surface area (Å²) in [6.45, 7) is 4.94. The van der Waals surface area contributed by atoms with E-state index < -0.39 is 0 Å². The Kier molecular flexibility index (Phi) is 3.99. The second-order valence-electron chi connectivity index (χ2n) is 4.35. The summed E-state index contributed by atoms with van der Waals surface area (Å²) in [5, 5.41) is 3.46. The summed E-state index contributed by atoms with van der Waals surface area (Å²) in [5.74, 6) is 0.883. The number of aromatic nitrogens is 2. The second-order valence-corrected chi connectivity index (χ2v) is 4.35. The molecular weight excluding hydrogens is 226 g/mol. The van der Waals surface area contributed by atoms with Crippen LogP contribution in [-0.2, 0) is 6.54 Å². The molecule has 96 valence electrons. The predicted molar refractivity (Wildman–Crippen MR) is 71.6 cm³/mol. The van der Waals surface area contributed by atoms with E-state index in [2.05, 4.69) is 34.3 Å². The zero-order valence-electron chi connectivity index (χ0n) is 11.0. The molecule has 4 heteroatoms. The molecule has 0 spiro atoms. The topological polar surface area (TPSA) is 49.9 Å². The summed E-state index contributed by atoms with van der Waals surface area (Å²) in [6.07, 6.45) is 1.73. The number of hydrogen-bond acceptors (Lipinski definition) is 3. The van der Waals surface area contributed by atoms with E-state index >= 15 is 0 Å². The third kappa shape index (κ3) is 2.90. The third-order valence-electron chi connectivity index (χ3n) is 3.13. The molecule has 0 amide bonds. The van der Waals surface area contributed by atoms with Gasteiger partial charge in [0, 0.05) is 18.3 Å². The Morgan fingerprint density at radius 1 is 1.33 bits per heavy atom. The summed E-state index contributed by atoms with van der Waals surface area (Å²) in [6, 6.07) is 8.40. The number of nitrogens with one attached hydrogen (secondary N) is 2. The molecule has 0 aliphatic carbocycles. The molecule has 0 saturated heterocycles. The quantitative estimate of drug-likeness (QED) is 0.851. The van der Waals surface area contributed by atoms with Crippen molar-refractivity contribution in [2.75, 3.05) is 7.11 Å². The highest BCUT2D eigenvalue weighted by Gasteiger charge is 2.07. The average molecular weight is 245 g/mol. The van der Waals surface area contributed by atoms with Gasteiger partial charge in [0.25, 0.3) is 0 Å². The van der Waals surface area contributed by atoms with Gasteiger partial charge in [-0.2, -0.15) is 0 Å². The minimum atomic E-state index is 0.284. The van der Waals surface area contributed by atoms with Gasteiger partial charge in [0.2, 0.25) is 0 Å². The molecule has 0 unspecified atom stereocenters. The van der Waals surface area contributed by atoms with E-state index in [-0.39, 0.29) is 6.04 Å². The summed E-state index contributed by atoms with van der Waals surface area (Å²) >= 11 is 0. The fourth-order valence-electron chi connectivity index (χ4n) is 1.83. The number of H-pyrrole nitrogens is 1. The van der Waals surface area contributed by atoms with Gasteiger partial charge >= 0.3 is 0 Å². The number of nitrogens with zero attached hydrogens (tertiary/aromatic N) is 1. The van der Waals surface area contributed by atoms with Crippen molar-refractivity contribution in [1.82, 2.24) is 15.3 Å². The zero-order chi connectivity index (χ0) is 13.0. The maximum absolute atomic E-state index is 5.15. The number of aromatic amines is 1. The predicted octanol–water partition coefficient (Wildman–Crippen LogP) is 2.58. The van der Waals surface area contributed by atoms with Crippen molar-refractivity contribution in [2.45, 2.75) is 26.4 Å². The molecule has 0 radical (unpaired) electrons. The maximum Gasteiger partial charge on any atom is 0.118 e. The highest BCUT2D eigenvalue weighted by Crippen LogP contribution is 2.17. The van der Waals surface area contributed by atoms with Gasteiger partial charge in [-0.25, -0.2) is 4.98 Å². The molecule has 0 bridgehead atoms. The number of benzene rings is 1. The minimum absolute atomic E-state index is 0.284. The van der Waals surface area contributed by atoms with Crippen LogP contribution >= 0.6 is 0 Å². The number of aryl methyl sites for hydroxylation is 1. The maximum atomic E-state index is 5.15. The molecular formula is C14H19N3O. The molecule has 2 N–H and O–H groups in total. The van der Waals surface area contributed by atoms with E-state index in [0.29, 0.717) is 0 Å². The van der Waals surface area contributed by atoms with Gasteiger partial charge in [-0.1, -0.05) is 12.1 Å². The standard InChI is InChI=1S/C14H19N3O/c1-10(12-4-6-13(18-3)7-5-12)15-8-14-11(2)16-9-17-14/h4-7,9-10,15H,8H2,1-3H3,(H,16,17)/t10-/m1/s1. The molecule has 1 heterocycles. The van der Waals surface area contributed by atoms with Crippen LogP contribution in [-0.4, -0.2) is 17.1 Å². The Balaban J connectivity index is 1.94. The van der Waals surface area contributed by atoms with Crippen LogP contribution in [0.2, 0.25) is 0 Å². The van der Waals surface area contributed by atoms with Gasteiger partial charge in [-0.3, -0.25) is 0 Å². The fourth-order valence-corrected chi connectivity index (χ4v) is 1.83. The van der Waals surface area contributed by atoms with Crippen molar-refractivity contribution in [1.29, 1.82) is 0 Å². The molecule has 0 saturated carbocycles. The van der Waals surface area contributed by atoms with Gasteiger partial charge in [-0.05, 0) is 31.5 Å². The van der Waals surface area contributed by atoms with Crippen molar-refractivity contribution in [3.63, 3.8) is 0 Å². The molecule has 0 aliphatic heterocycles. The van der Waals surface area contributed by atoms with Gasteiger partial charge < -0.3 is 15.0 Å². The van der Waals surface area contributed by atoms with Crippen LogP contribution < -0.4 is 10.1 Å². The minimum Gasteiger partial charge on any atom is -0.497 e. The first-order valence-corrected chi connectivity index (χ1v) is 6.07. The van der Waals surface area contributed by atoms with Crippen molar-refractivity contribution >= 4 is 0 Å². The number of methoxy groups -OCH3 is 1. The van der Waals surface area contributed by atoms with Crippen molar-refractivity contribution in [2.24, 2.45) is 0 Å². The molecule has 1 aromatic heterocycles. The van der Waals surface area contributed by atoms with Crippen LogP contribution in [0.5, 0.6) is 5.75 Å². The first-order chi connectivity index (χ1) is 8.70. The molecule has 4 nitrogen and oxygen atoms in total. The number of imidazole rings is 1. The lowest BCUT2D eigenvalue weighted by molar-refractivity contribution is 0.414. The van der Waals surface area contributed by atoms with E-state index in [1.165, 1.54) is 5.56 Å². The van der Waals surface area contributed by atoms with Crippen LogP contribution in [0.3, 0.4) is 0 Å². The molecule has 2 aromatic rings. The lowest BCUT2D eigenvalue weighted by atomic mass is 10.1. The Morgan fingerprint density at radius 2 is 2.06 bits per heavy atom. The molecule has 2 rings (SSSR count). The Labute approximate surface area is 107 Å². The summed E-state index contributed by atoms with van der Waals surface area (Å²) in [5.41, 5.74) is 3.42. The highest BCUT2D eigenvalue weighted by molar-refractivity contribution is 5.28. The average Bonchev–Trinajstić information content (AvgIpc) is 2.81. The van der Waals surface area contributed by atoms with Crippen molar-refractivity contribution in [3.05, 3.63) is 47.5 Å². The van der Waals surface area contributed by atoms with E-state index in [9.17, 15) is 0 Å². The van der Waals surface area contributed by atoms with Crippen molar-refractivity contribution in [3.8, 4) is 5.75 Å². The molecule has 0 aliphatic rings. The van der Waals surface area contributed by atoms with Gasteiger partial charge in [0.05, 0.1) is 19.1 Å². The largest absolute Gasteiger partial charge is 0.497 e. The Hall–Kier alpha value is -1.81. The Morgan fingerprint density at radius 3 is 2.61 bits per heavy atom. The highest BCUT2D eigenvalue weighted by atomic mass is 16.5. The van der Waals surface area contributed by atoms with E-state index in [0.717, 1.165) is 23.7 Å². The molecule has 0 fully saturated rings.